The van der Waals surface area contributed by atoms with E-state index in [0.717, 1.165) is 0 Å². The van der Waals surface area contributed by atoms with Gasteiger partial charge in [0.2, 0.25) is 5.91 Å². The lowest BCUT2D eigenvalue weighted by Crippen LogP contribution is -2.42. The molecule has 2 aliphatic rings. The van der Waals surface area contributed by atoms with Gasteiger partial charge in [0.1, 0.15) is 5.41 Å². The number of hydrogen-bond acceptors (Lipinski definition) is 4. The van der Waals surface area contributed by atoms with Gasteiger partial charge in [0.15, 0.2) is 0 Å². The van der Waals surface area contributed by atoms with E-state index < -0.39 is 5.41 Å². The zero-order valence-corrected chi connectivity index (χ0v) is 8.13. The van der Waals surface area contributed by atoms with Gasteiger partial charge in [0.25, 0.3) is 0 Å². The molecule has 0 aromatic rings. The molecule has 1 amide bonds. The number of hydrogen-bond donors (Lipinski definition) is 2. The number of amides is 1. The van der Waals surface area contributed by atoms with Crippen LogP contribution in [0.5, 0.6) is 0 Å². The Kier molecular flexibility index (Phi) is 2.19. The standard InChI is InChI=1S/C9H14N2O3/c1-2-14-8(13)9-3-7(12)11-6(9)4-10-5-9/h6,10H,2-5H2,1H3,(H,11,12)/t6-,9-/m1/s1. The fourth-order valence-corrected chi connectivity index (χ4v) is 2.23. The summed E-state index contributed by atoms with van der Waals surface area (Å²) in [6.07, 6.45) is 0.253. The van der Waals surface area contributed by atoms with Crippen LogP contribution >= 0.6 is 0 Å². The van der Waals surface area contributed by atoms with Crippen LogP contribution in [0.15, 0.2) is 0 Å². The van der Waals surface area contributed by atoms with Gasteiger partial charge in [-0.25, -0.2) is 0 Å². The first-order valence-electron chi connectivity index (χ1n) is 4.86. The van der Waals surface area contributed by atoms with E-state index in [4.69, 9.17) is 4.74 Å². The van der Waals surface area contributed by atoms with Crippen molar-refractivity contribution in [3.63, 3.8) is 0 Å². The number of carbonyl (C=O) groups excluding carboxylic acids is 2. The molecule has 2 rings (SSSR count). The molecule has 14 heavy (non-hydrogen) atoms. The van der Waals surface area contributed by atoms with Gasteiger partial charge in [0.05, 0.1) is 12.6 Å². The number of fused-ring (bicyclic) bond motifs is 1. The number of nitrogens with one attached hydrogen (secondary N) is 2. The summed E-state index contributed by atoms with van der Waals surface area (Å²) < 4.78 is 5.01. The second-order valence-corrected chi connectivity index (χ2v) is 3.80. The van der Waals surface area contributed by atoms with Crippen LogP contribution < -0.4 is 10.6 Å². The maximum Gasteiger partial charge on any atom is 0.316 e. The van der Waals surface area contributed by atoms with Crippen LogP contribution in [-0.4, -0.2) is 37.6 Å². The van der Waals surface area contributed by atoms with E-state index in [1.54, 1.807) is 6.92 Å². The molecule has 2 fully saturated rings. The lowest BCUT2D eigenvalue weighted by atomic mass is 9.83. The van der Waals surface area contributed by atoms with Crippen molar-refractivity contribution in [1.29, 1.82) is 0 Å². The van der Waals surface area contributed by atoms with Crippen molar-refractivity contribution in [3.05, 3.63) is 0 Å². The van der Waals surface area contributed by atoms with Crippen LogP contribution in [0.1, 0.15) is 13.3 Å². The molecule has 78 valence electrons. The van der Waals surface area contributed by atoms with Gasteiger partial charge in [0, 0.05) is 19.5 Å². The first-order chi connectivity index (χ1) is 6.69. The molecule has 0 aliphatic carbocycles. The average Bonchev–Trinajstić information content (AvgIpc) is 2.61. The van der Waals surface area contributed by atoms with Crippen molar-refractivity contribution in [3.8, 4) is 0 Å². The molecule has 0 unspecified atom stereocenters. The smallest absolute Gasteiger partial charge is 0.316 e. The van der Waals surface area contributed by atoms with E-state index >= 15 is 0 Å². The summed E-state index contributed by atoms with van der Waals surface area (Å²) in [4.78, 5) is 23.0. The van der Waals surface area contributed by atoms with Crippen molar-refractivity contribution in [2.75, 3.05) is 19.7 Å². The summed E-state index contributed by atoms with van der Waals surface area (Å²) in [7, 11) is 0. The van der Waals surface area contributed by atoms with Gasteiger partial charge in [-0.15, -0.1) is 0 Å². The second-order valence-electron chi connectivity index (χ2n) is 3.80. The molecule has 2 atom stereocenters. The third-order valence-corrected chi connectivity index (χ3v) is 2.95. The maximum atomic E-state index is 11.7. The molecule has 0 spiro atoms. The van der Waals surface area contributed by atoms with Crippen LogP contribution in [0, 0.1) is 5.41 Å². The Morgan fingerprint density at radius 3 is 3.21 bits per heavy atom. The largest absolute Gasteiger partial charge is 0.465 e. The summed E-state index contributed by atoms with van der Waals surface area (Å²) in [6, 6.07) is -0.0888. The average molecular weight is 198 g/mol. The predicted octanol–water partition coefficient (Wildman–Crippen LogP) is -0.972. The summed E-state index contributed by atoms with van der Waals surface area (Å²) in [5, 5.41) is 5.90. The van der Waals surface area contributed by atoms with Crippen LogP contribution in [0.3, 0.4) is 0 Å². The van der Waals surface area contributed by atoms with Crippen molar-refractivity contribution >= 4 is 11.9 Å². The Bertz CT molecular complexity index is 279. The lowest BCUT2D eigenvalue weighted by Gasteiger charge is -2.23. The van der Waals surface area contributed by atoms with Crippen LogP contribution in [0.2, 0.25) is 0 Å². The van der Waals surface area contributed by atoms with E-state index in [9.17, 15) is 9.59 Å². The van der Waals surface area contributed by atoms with E-state index in [0.29, 0.717) is 19.7 Å². The van der Waals surface area contributed by atoms with Crippen LogP contribution in [0.25, 0.3) is 0 Å². The van der Waals surface area contributed by atoms with Gasteiger partial charge < -0.3 is 15.4 Å². The molecule has 2 aliphatic heterocycles. The summed E-state index contributed by atoms with van der Waals surface area (Å²) in [5.41, 5.74) is -0.646. The first kappa shape index (κ1) is 9.45. The van der Waals surface area contributed by atoms with Gasteiger partial charge >= 0.3 is 5.97 Å². The lowest BCUT2D eigenvalue weighted by molar-refractivity contribution is -0.154. The summed E-state index contributed by atoms with van der Waals surface area (Å²) in [5.74, 6) is -0.307. The normalized spacial score (nSPS) is 35.2. The number of carbonyl (C=O) groups is 2. The van der Waals surface area contributed by atoms with Crippen molar-refractivity contribution in [1.82, 2.24) is 10.6 Å². The molecule has 0 aromatic heterocycles. The quantitative estimate of drug-likeness (QED) is 0.560. The van der Waals surface area contributed by atoms with E-state index in [2.05, 4.69) is 10.6 Å². The Morgan fingerprint density at radius 1 is 1.71 bits per heavy atom. The topological polar surface area (TPSA) is 67.4 Å². The number of ether oxygens (including phenoxy) is 1. The molecule has 0 aromatic carbocycles. The highest BCUT2D eigenvalue weighted by Gasteiger charge is 2.56. The molecule has 2 N–H and O–H groups in total. The Labute approximate surface area is 82.2 Å². The Hall–Kier alpha value is -1.10. The molecule has 0 saturated carbocycles. The molecule has 0 bridgehead atoms. The van der Waals surface area contributed by atoms with Crippen molar-refractivity contribution in [2.24, 2.45) is 5.41 Å². The summed E-state index contributed by atoms with van der Waals surface area (Å²) in [6.45, 7) is 3.33. The molecular formula is C9H14N2O3. The van der Waals surface area contributed by atoms with Gasteiger partial charge in [-0.3, -0.25) is 9.59 Å². The molecule has 2 saturated heterocycles. The molecule has 5 heteroatoms. The Balaban J connectivity index is 2.19. The molecule has 0 radical (unpaired) electrons. The van der Waals surface area contributed by atoms with E-state index in [-0.39, 0.29) is 24.3 Å². The highest BCUT2D eigenvalue weighted by atomic mass is 16.5. The fourth-order valence-electron chi connectivity index (χ4n) is 2.23. The molecular weight excluding hydrogens is 184 g/mol. The number of esters is 1. The minimum atomic E-state index is -0.646. The SMILES string of the molecule is CCOC(=O)[C@]12CNC[C@H]1NC(=O)C2. The van der Waals surface area contributed by atoms with Crippen LogP contribution in [0.4, 0.5) is 0 Å². The molecule has 5 nitrogen and oxygen atoms in total. The maximum absolute atomic E-state index is 11.7. The van der Waals surface area contributed by atoms with Crippen molar-refractivity contribution in [2.45, 2.75) is 19.4 Å². The Morgan fingerprint density at radius 2 is 2.50 bits per heavy atom. The van der Waals surface area contributed by atoms with Gasteiger partial charge in [-0.05, 0) is 6.92 Å². The van der Waals surface area contributed by atoms with E-state index in [1.807, 2.05) is 0 Å². The number of rotatable bonds is 2. The molecule has 2 heterocycles. The van der Waals surface area contributed by atoms with Gasteiger partial charge in [-0.2, -0.15) is 0 Å². The van der Waals surface area contributed by atoms with Crippen LogP contribution in [-0.2, 0) is 14.3 Å². The van der Waals surface area contributed by atoms with Crippen molar-refractivity contribution < 1.29 is 14.3 Å². The van der Waals surface area contributed by atoms with Gasteiger partial charge in [-0.1, -0.05) is 0 Å². The highest BCUT2D eigenvalue weighted by molar-refractivity contribution is 5.91. The first-order valence-corrected chi connectivity index (χ1v) is 4.86. The zero-order chi connectivity index (χ0) is 10.2. The zero-order valence-electron chi connectivity index (χ0n) is 8.13. The van der Waals surface area contributed by atoms with E-state index in [1.165, 1.54) is 0 Å². The monoisotopic (exact) mass is 198 g/mol. The predicted molar refractivity (Wildman–Crippen MR) is 48.5 cm³/mol. The second kappa shape index (κ2) is 3.24. The minimum absolute atomic E-state index is 0.0513. The third-order valence-electron chi connectivity index (χ3n) is 2.95. The summed E-state index contributed by atoms with van der Waals surface area (Å²) >= 11 is 0. The minimum Gasteiger partial charge on any atom is -0.465 e. The highest BCUT2D eigenvalue weighted by Crippen LogP contribution is 2.35. The fraction of sp³-hybridized carbons (Fsp3) is 0.778. The third kappa shape index (κ3) is 1.19.